The molecule has 2 aromatic heterocycles. The number of aromatic nitrogens is 3. The van der Waals surface area contributed by atoms with Gasteiger partial charge in [-0.3, -0.25) is 9.67 Å². The molecular formula is C13H18N4S2. The van der Waals surface area contributed by atoms with Crippen molar-refractivity contribution in [2.24, 2.45) is 5.92 Å². The van der Waals surface area contributed by atoms with E-state index in [4.69, 9.17) is 12.2 Å². The molecule has 1 fully saturated rings. The van der Waals surface area contributed by atoms with E-state index in [9.17, 15) is 0 Å². The van der Waals surface area contributed by atoms with E-state index in [-0.39, 0.29) is 0 Å². The second-order valence-corrected chi connectivity index (χ2v) is 6.32. The maximum absolute atomic E-state index is 5.38. The third kappa shape index (κ3) is 2.66. The second kappa shape index (κ2) is 5.56. The zero-order valence-electron chi connectivity index (χ0n) is 11.0. The Hall–Kier alpha value is -0.980. The van der Waals surface area contributed by atoms with E-state index >= 15 is 0 Å². The molecule has 1 aliphatic rings. The lowest BCUT2D eigenvalue weighted by Crippen LogP contribution is -2.21. The summed E-state index contributed by atoms with van der Waals surface area (Å²) in [6, 6.07) is 4.15. The molecular weight excluding hydrogens is 276 g/mol. The molecule has 4 nitrogen and oxygen atoms in total. The van der Waals surface area contributed by atoms with Crippen LogP contribution in [0.3, 0.4) is 0 Å². The van der Waals surface area contributed by atoms with Crippen LogP contribution < -0.4 is 0 Å². The number of nitrogens with one attached hydrogen (secondary N) is 1. The monoisotopic (exact) mass is 294 g/mol. The predicted molar refractivity (Wildman–Crippen MR) is 80.9 cm³/mol. The molecule has 0 aliphatic carbocycles. The van der Waals surface area contributed by atoms with Gasteiger partial charge in [0.05, 0.1) is 4.88 Å². The number of hydrogen-bond donors (Lipinski definition) is 1. The Morgan fingerprint density at radius 3 is 3.16 bits per heavy atom. The van der Waals surface area contributed by atoms with Crippen LogP contribution in [-0.2, 0) is 6.54 Å². The van der Waals surface area contributed by atoms with Gasteiger partial charge in [0.1, 0.15) is 0 Å². The van der Waals surface area contributed by atoms with Crippen molar-refractivity contribution >= 4 is 23.6 Å². The van der Waals surface area contributed by atoms with Gasteiger partial charge in [0.2, 0.25) is 0 Å². The van der Waals surface area contributed by atoms with Crippen LogP contribution in [0, 0.1) is 10.7 Å². The van der Waals surface area contributed by atoms with Gasteiger partial charge < -0.3 is 4.90 Å². The molecule has 6 heteroatoms. The summed E-state index contributed by atoms with van der Waals surface area (Å²) in [5.41, 5.74) is 0. The van der Waals surface area contributed by atoms with Crippen molar-refractivity contribution in [3.05, 3.63) is 22.3 Å². The molecule has 1 atom stereocenters. The Balaban J connectivity index is 1.82. The largest absolute Gasteiger partial charge is 0.303 e. The molecule has 0 radical (unpaired) electrons. The molecule has 1 unspecified atom stereocenters. The summed E-state index contributed by atoms with van der Waals surface area (Å²) in [5, 5.41) is 9.39. The lowest BCUT2D eigenvalue weighted by Gasteiger charge is -2.14. The molecule has 3 rings (SSSR count). The van der Waals surface area contributed by atoms with Crippen molar-refractivity contribution in [1.29, 1.82) is 0 Å². The zero-order chi connectivity index (χ0) is 13.2. The summed E-state index contributed by atoms with van der Waals surface area (Å²) in [6.45, 7) is 6.72. The zero-order valence-corrected chi connectivity index (χ0v) is 12.6. The summed E-state index contributed by atoms with van der Waals surface area (Å²) in [5.74, 6) is 1.66. The summed E-state index contributed by atoms with van der Waals surface area (Å²) >= 11 is 7.08. The number of nitrogens with zero attached hydrogens (tertiary/aromatic N) is 3. The van der Waals surface area contributed by atoms with Crippen molar-refractivity contribution < 1.29 is 0 Å². The molecule has 1 saturated heterocycles. The Morgan fingerprint density at radius 1 is 1.58 bits per heavy atom. The van der Waals surface area contributed by atoms with Crippen LogP contribution in [0.5, 0.6) is 0 Å². The molecule has 0 amide bonds. The van der Waals surface area contributed by atoms with Gasteiger partial charge in [0.15, 0.2) is 10.6 Å². The highest BCUT2D eigenvalue weighted by atomic mass is 32.1. The average Bonchev–Trinajstić information content (AvgIpc) is 3.12. The quantitative estimate of drug-likeness (QED) is 0.881. The van der Waals surface area contributed by atoms with Gasteiger partial charge >= 0.3 is 0 Å². The maximum atomic E-state index is 5.38. The molecule has 19 heavy (non-hydrogen) atoms. The number of aromatic amines is 1. The van der Waals surface area contributed by atoms with Gasteiger partial charge in [0, 0.05) is 13.1 Å². The first-order valence-corrected chi connectivity index (χ1v) is 7.98. The number of likely N-dealkylation sites (tertiary alicyclic amines) is 1. The first-order valence-electron chi connectivity index (χ1n) is 6.69. The van der Waals surface area contributed by atoms with Crippen molar-refractivity contribution in [2.45, 2.75) is 19.9 Å². The minimum atomic E-state index is 0.683. The first-order chi connectivity index (χ1) is 9.28. The van der Waals surface area contributed by atoms with E-state index in [1.54, 1.807) is 11.3 Å². The van der Waals surface area contributed by atoms with Crippen molar-refractivity contribution in [3.63, 3.8) is 0 Å². The van der Waals surface area contributed by atoms with Crippen LogP contribution in [-0.4, -0.2) is 39.3 Å². The van der Waals surface area contributed by atoms with Crippen LogP contribution in [0.25, 0.3) is 10.7 Å². The van der Waals surface area contributed by atoms with E-state index in [1.807, 2.05) is 0 Å². The number of thiophene rings is 1. The summed E-state index contributed by atoms with van der Waals surface area (Å²) < 4.78 is 2.89. The fourth-order valence-corrected chi connectivity index (χ4v) is 3.62. The molecule has 1 aliphatic heterocycles. The first kappa shape index (κ1) is 13.0. The Kier molecular flexibility index (Phi) is 3.81. The SMILES string of the molecule is CCN1CCC(Cn2c(-c3cccs3)n[nH]c2=S)C1. The Labute approximate surface area is 122 Å². The standard InChI is InChI=1S/C13H18N4S2/c1-2-16-6-5-10(8-16)9-17-12(14-15-13(17)18)11-4-3-7-19-11/h3-4,7,10H,2,5-6,8-9H2,1H3,(H,15,18). The summed E-state index contributed by atoms with van der Waals surface area (Å²) in [6.07, 6.45) is 1.25. The minimum absolute atomic E-state index is 0.683. The Morgan fingerprint density at radius 2 is 2.47 bits per heavy atom. The third-order valence-corrected chi connectivity index (χ3v) is 4.94. The van der Waals surface area contributed by atoms with Gasteiger partial charge in [0.25, 0.3) is 0 Å². The molecule has 0 saturated carbocycles. The van der Waals surface area contributed by atoms with Crippen LogP contribution in [0.4, 0.5) is 0 Å². The number of rotatable bonds is 4. The van der Waals surface area contributed by atoms with Crippen molar-refractivity contribution in [3.8, 4) is 10.7 Å². The Bertz CT molecular complexity index is 584. The predicted octanol–water partition coefficient (Wildman–Crippen LogP) is 3.01. The second-order valence-electron chi connectivity index (χ2n) is 4.99. The third-order valence-electron chi connectivity index (χ3n) is 3.76. The number of H-pyrrole nitrogens is 1. The van der Waals surface area contributed by atoms with Crippen LogP contribution in [0.1, 0.15) is 13.3 Å². The van der Waals surface area contributed by atoms with Crippen molar-refractivity contribution in [1.82, 2.24) is 19.7 Å². The fourth-order valence-electron chi connectivity index (χ4n) is 2.69. The van der Waals surface area contributed by atoms with Crippen molar-refractivity contribution in [2.75, 3.05) is 19.6 Å². The van der Waals surface area contributed by atoms with Gasteiger partial charge in [-0.1, -0.05) is 13.0 Å². The lowest BCUT2D eigenvalue weighted by molar-refractivity contribution is 0.332. The summed E-state index contributed by atoms with van der Waals surface area (Å²) in [7, 11) is 0. The van der Waals surface area contributed by atoms with Gasteiger partial charge in [-0.25, -0.2) is 0 Å². The highest BCUT2D eigenvalue weighted by Crippen LogP contribution is 2.25. The molecule has 0 bridgehead atoms. The fraction of sp³-hybridized carbons (Fsp3) is 0.538. The van der Waals surface area contributed by atoms with E-state index in [2.05, 4.69) is 44.1 Å². The maximum Gasteiger partial charge on any atom is 0.195 e. The highest BCUT2D eigenvalue weighted by molar-refractivity contribution is 7.71. The van der Waals surface area contributed by atoms with Gasteiger partial charge in [-0.2, -0.15) is 5.10 Å². The molecule has 0 aromatic carbocycles. The van der Waals surface area contributed by atoms with Crippen LogP contribution >= 0.6 is 23.6 Å². The minimum Gasteiger partial charge on any atom is -0.303 e. The van der Waals surface area contributed by atoms with Crippen LogP contribution in [0.15, 0.2) is 17.5 Å². The smallest absolute Gasteiger partial charge is 0.195 e. The lowest BCUT2D eigenvalue weighted by atomic mass is 10.1. The molecule has 3 heterocycles. The molecule has 0 spiro atoms. The van der Waals surface area contributed by atoms with Crippen LogP contribution in [0.2, 0.25) is 0 Å². The normalized spacial score (nSPS) is 20.2. The summed E-state index contributed by atoms with van der Waals surface area (Å²) in [4.78, 5) is 3.68. The topological polar surface area (TPSA) is 36.9 Å². The van der Waals surface area contributed by atoms with E-state index in [1.165, 1.54) is 24.4 Å². The van der Waals surface area contributed by atoms with Gasteiger partial charge in [-0.05, 0) is 49.1 Å². The average molecular weight is 294 g/mol. The highest BCUT2D eigenvalue weighted by Gasteiger charge is 2.23. The van der Waals surface area contributed by atoms with E-state index < -0.39 is 0 Å². The molecule has 2 aromatic rings. The van der Waals surface area contributed by atoms with E-state index in [0.717, 1.165) is 23.7 Å². The molecule has 102 valence electrons. The van der Waals surface area contributed by atoms with Gasteiger partial charge in [-0.15, -0.1) is 11.3 Å². The van der Waals surface area contributed by atoms with E-state index in [0.29, 0.717) is 5.92 Å². The number of hydrogen-bond acceptors (Lipinski definition) is 4. The molecule has 1 N–H and O–H groups in total.